The minimum absolute atomic E-state index is 0.273. The Labute approximate surface area is 209 Å². The van der Waals surface area contributed by atoms with E-state index in [-0.39, 0.29) is 5.91 Å². The summed E-state index contributed by atoms with van der Waals surface area (Å²) in [5.41, 5.74) is 3.89. The minimum Gasteiger partial charge on any atom is -0.497 e. The van der Waals surface area contributed by atoms with Gasteiger partial charge < -0.3 is 20.1 Å². The number of allylic oxidation sites excluding steroid dienone is 1. The third-order valence-corrected chi connectivity index (χ3v) is 6.06. The molecule has 8 heteroatoms. The molecule has 7 nitrogen and oxygen atoms in total. The van der Waals surface area contributed by atoms with Gasteiger partial charge in [-0.05, 0) is 73.2 Å². The Balaban J connectivity index is 1.75. The topological polar surface area (TPSA) is 79.9 Å². The first-order valence-electron chi connectivity index (χ1n) is 10.9. The first-order valence-corrected chi connectivity index (χ1v) is 11.3. The normalized spacial score (nSPS) is 15.3. The van der Waals surface area contributed by atoms with Gasteiger partial charge in [0.25, 0.3) is 5.91 Å². The van der Waals surface area contributed by atoms with Crippen molar-refractivity contribution in [1.29, 1.82) is 0 Å². The van der Waals surface area contributed by atoms with E-state index in [0.717, 1.165) is 11.3 Å². The number of nitrogens with zero attached hydrogens (tertiary/aromatic N) is 1. The summed E-state index contributed by atoms with van der Waals surface area (Å²) in [6.07, 6.45) is 0. The van der Waals surface area contributed by atoms with E-state index in [4.69, 9.17) is 21.7 Å². The molecule has 3 aromatic rings. The molecule has 0 aliphatic carbocycles. The van der Waals surface area contributed by atoms with Crippen LogP contribution in [0.3, 0.4) is 0 Å². The molecule has 1 aliphatic rings. The second-order valence-electron chi connectivity index (χ2n) is 7.85. The number of hydrogen-bond donors (Lipinski definition) is 2. The molecule has 1 aliphatic heterocycles. The van der Waals surface area contributed by atoms with E-state index in [2.05, 4.69) is 10.6 Å². The number of hydrogen-bond acceptors (Lipinski definition) is 5. The number of carbonyl (C=O) groups excluding carboxylic acids is 2. The lowest BCUT2D eigenvalue weighted by molar-refractivity contribution is -0.113. The summed E-state index contributed by atoms with van der Waals surface area (Å²) < 4.78 is 10.0. The van der Waals surface area contributed by atoms with Gasteiger partial charge in [-0.1, -0.05) is 30.3 Å². The molecule has 0 bridgehead atoms. The highest BCUT2D eigenvalue weighted by Gasteiger charge is 2.34. The monoisotopic (exact) mass is 487 g/mol. The first kappa shape index (κ1) is 24.0. The maximum absolute atomic E-state index is 13.6. The van der Waals surface area contributed by atoms with Gasteiger partial charge in [0.2, 0.25) is 0 Å². The van der Waals surface area contributed by atoms with Crippen LogP contribution in [0.2, 0.25) is 0 Å². The Morgan fingerprint density at radius 3 is 2.20 bits per heavy atom. The van der Waals surface area contributed by atoms with Crippen LogP contribution in [0.5, 0.6) is 5.75 Å². The highest BCUT2D eigenvalue weighted by atomic mass is 32.1. The molecule has 0 saturated carbocycles. The van der Waals surface area contributed by atoms with Crippen molar-refractivity contribution in [2.24, 2.45) is 0 Å². The van der Waals surface area contributed by atoms with Gasteiger partial charge in [0.05, 0.1) is 31.4 Å². The number of anilines is 2. The number of ether oxygens (including phenoxy) is 2. The molecule has 1 unspecified atom stereocenters. The number of thiocarbonyl (C=S) groups is 1. The summed E-state index contributed by atoms with van der Waals surface area (Å²) in [5, 5.41) is 6.76. The molecule has 2 N–H and O–H groups in total. The lowest BCUT2D eigenvalue weighted by atomic mass is 9.93. The number of esters is 1. The molecule has 35 heavy (non-hydrogen) atoms. The van der Waals surface area contributed by atoms with E-state index >= 15 is 0 Å². The molecule has 0 radical (unpaired) electrons. The van der Waals surface area contributed by atoms with Crippen molar-refractivity contribution in [2.75, 3.05) is 24.4 Å². The molecule has 178 valence electrons. The second kappa shape index (κ2) is 10.4. The predicted molar refractivity (Wildman–Crippen MR) is 140 cm³/mol. The first-order chi connectivity index (χ1) is 16.9. The average Bonchev–Trinajstić information content (AvgIpc) is 2.89. The molecule has 0 aromatic heterocycles. The largest absolute Gasteiger partial charge is 0.497 e. The zero-order chi connectivity index (χ0) is 24.9. The van der Waals surface area contributed by atoms with Crippen molar-refractivity contribution >= 4 is 40.6 Å². The van der Waals surface area contributed by atoms with Crippen molar-refractivity contribution < 1.29 is 19.1 Å². The van der Waals surface area contributed by atoms with E-state index in [9.17, 15) is 9.59 Å². The van der Waals surface area contributed by atoms with E-state index in [1.807, 2.05) is 42.2 Å². The standard InChI is InChI=1S/C27H25N3O4S/c1-17-23(25(31)28-20-13-15-22(33-2)16-14-20)24(18-9-11-19(12-10-18)26(32)34-3)29-27(35)30(17)21-7-5-4-6-8-21/h4-16,24H,1-3H3,(H,28,31)(H,29,35). The molecule has 0 spiro atoms. The Kier molecular flexibility index (Phi) is 7.12. The minimum atomic E-state index is -0.521. The molecular formula is C27H25N3O4S. The molecule has 0 fully saturated rings. The number of carbonyl (C=O) groups is 2. The fourth-order valence-corrected chi connectivity index (χ4v) is 4.34. The number of para-hydroxylation sites is 1. The molecule has 4 rings (SSSR count). The van der Waals surface area contributed by atoms with Crippen LogP contribution in [0, 0.1) is 0 Å². The zero-order valence-electron chi connectivity index (χ0n) is 19.6. The van der Waals surface area contributed by atoms with Crippen molar-refractivity contribution in [1.82, 2.24) is 5.32 Å². The Morgan fingerprint density at radius 1 is 0.943 bits per heavy atom. The van der Waals surface area contributed by atoms with Gasteiger partial charge in [-0.25, -0.2) is 4.79 Å². The Bertz CT molecular complexity index is 1270. The maximum atomic E-state index is 13.6. The van der Waals surface area contributed by atoms with Gasteiger partial charge in [0.1, 0.15) is 5.75 Å². The maximum Gasteiger partial charge on any atom is 0.337 e. The van der Waals surface area contributed by atoms with Crippen LogP contribution in [0.15, 0.2) is 90.1 Å². The SMILES string of the molecule is COC(=O)c1ccc(C2NC(=S)N(c3ccccc3)C(C)=C2C(=O)Nc2ccc(OC)cc2)cc1. The summed E-state index contributed by atoms with van der Waals surface area (Å²) in [5.74, 6) is -0.00401. The van der Waals surface area contributed by atoms with Crippen molar-refractivity contribution in [3.63, 3.8) is 0 Å². The fraction of sp³-hybridized carbons (Fsp3) is 0.148. The van der Waals surface area contributed by atoms with Gasteiger partial charge in [-0.15, -0.1) is 0 Å². The highest BCUT2D eigenvalue weighted by Crippen LogP contribution is 2.34. The second-order valence-corrected chi connectivity index (χ2v) is 8.24. The molecule has 3 aromatic carbocycles. The number of nitrogens with one attached hydrogen (secondary N) is 2. The van der Waals surface area contributed by atoms with Gasteiger partial charge in [0, 0.05) is 17.1 Å². The van der Waals surface area contributed by atoms with E-state index < -0.39 is 12.0 Å². The summed E-state index contributed by atoms with van der Waals surface area (Å²) >= 11 is 5.71. The van der Waals surface area contributed by atoms with Gasteiger partial charge in [-0.3, -0.25) is 9.69 Å². The summed E-state index contributed by atoms with van der Waals surface area (Å²) in [7, 11) is 2.93. The summed E-state index contributed by atoms with van der Waals surface area (Å²) in [4.78, 5) is 27.4. The highest BCUT2D eigenvalue weighted by molar-refractivity contribution is 7.80. The number of benzene rings is 3. The smallest absolute Gasteiger partial charge is 0.337 e. The van der Waals surface area contributed by atoms with Crippen molar-refractivity contribution in [3.05, 3.63) is 101 Å². The van der Waals surface area contributed by atoms with Gasteiger partial charge in [0.15, 0.2) is 5.11 Å². The van der Waals surface area contributed by atoms with Crippen LogP contribution in [0.1, 0.15) is 28.9 Å². The van der Waals surface area contributed by atoms with Gasteiger partial charge >= 0.3 is 5.97 Å². The van der Waals surface area contributed by atoms with Crippen LogP contribution in [0.25, 0.3) is 0 Å². The zero-order valence-corrected chi connectivity index (χ0v) is 20.4. The van der Waals surface area contributed by atoms with E-state index in [0.29, 0.717) is 33.4 Å². The number of rotatable bonds is 6. The fourth-order valence-electron chi connectivity index (χ4n) is 3.98. The van der Waals surface area contributed by atoms with Crippen LogP contribution >= 0.6 is 12.2 Å². The third-order valence-electron chi connectivity index (χ3n) is 5.76. The molecular weight excluding hydrogens is 462 g/mol. The average molecular weight is 488 g/mol. The summed E-state index contributed by atoms with van der Waals surface area (Å²) in [6.45, 7) is 1.87. The molecule has 1 atom stereocenters. The van der Waals surface area contributed by atoms with Gasteiger partial charge in [-0.2, -0.15) is 0 Å². The molecule has 0 saturated heterocycles. The third kappa shape index (κ3) is 5.02. The number of amides is 1. The van der Waals surface area contributed by atoms with E-state index in [1.165, 1.54) is 7.11 Å². The summed E-state index contributed by atoms with van der Waals surface area (Å²) in [6, 6.07) is 23.1. The van der Waals surface area contributed by atoms with E-state index in [1.54, 1.807) is 55.6 Å². The molecule has 1 amide bonds. The van der Waals surface area contributed by atoms with Crippen LogP contribution in [0.4, 0.5) is 11.4 Å². The Hall–Kier alpha value is -4.17. The van der Waals surface area contributed by atoms with Crippen LogP contribution in [-0.4, -0.2) is 31.2 Å². The molecule has 1 heterocycles. The van der Waals surface area contributed by atoms with Crippen molar-refractivity contribution in [2.45, 2.75) is 13.0 Å². The lowest BCUT2D eigenvalue weighted by Gasteiger charge is -2.38. The Morgan fingerprint density at radius 2 is 1.60 bits per heavy atom. The lowest BCUT2D eigenvalue weighted by Crippen LogP contribution is -2.48. The van der Waals surface area contributed by atoms with Crippen LogP contribution in [-0.2, 0) is 9.53 Å². The predicted octanol–water partition coefficient (Wildman–Crippen LogP) is 4.83. The number of methoxy groups -OCH3 is 2. The quantitative estimate of drug-likeness (QED) is 0.381. The van der Waals surface area contributed by atoms with Crippen LogP contribution < -0.4 is 20.3 Å². The van der Waals surface area contributed by atoms with Crippen molar-refractivity contribution in [3.8, 4) is 5.75 Å².